The van der Waals surface area contributed by atoms with Gasteiger partial charge in [0, 0.05) is 11.9 Å². The predicted octanol–water partition coefficient (Wildman–Crippen LogP) is 2.40. The molecule has 110 valence electrons. The number of rotatable bonds is 4. The molecule has 0 aliphatic carbocycles. The van der Waals surface area contributed by atoms with Gasteiger partial charge in [-0.05, 0) is 31.9 Å². The van der Waals surface area contributed by atoms with Gasteiger partial charge in [-0.3, -0.25) is 10.1 Å². The summed E-state index contributed by atoms with van der Waals surface area (Å²) in [6.07, 6.45) is 0.389. The number of ether oxygens (including phenoxy) is 1. The number of anilines is 1. The van der Waals surface area contributed by atoms with E-state index in [0.717, 1.165) is 16.8 Å². The Hall–Kier alpha value is -2.81. The molecule has 0 aliphatic heterocycles. The van der Waals surface area contributed by atoms with Crippen molar-refractivity contribution in [2.45, 2.75) is 20.8 Å². The first-order chi connectivity index (χ1) is 9.99. The fourth-order valence-corrected chi connectivity index (χ4v) is 1.66. The zero-order chi connectivity index (χ0) is 15.8. The number of alkyl carbamates (subject to hydrolysis) is 1. The third-order valence-corrected chi connectivity index (χ3v) is 2.70. The highest BCUT2D eigenvalue weighted by Crippen LogP contribution is 2.19. The maximum Gasteiger partial charge on any atom is 0.414 e. The van der Waals surface area contributed by atoms with E-state index in [1.807, 2.05) is 37.4 Å². The maximum absolute atomic E-state index is 11.7. The van der Waals surface area contributed by atoms with Crippen LogP contribution in [0.3, 0.4) is 0 Å². The lowest BCUT2D eigenvalue weighted by molar-refractivity contribution is -0.116. The van der Waals surface area contributed by atoms with Crippen molar-refractivity contribution in [3.63, 3.8) is 0 Å². The minimum absolute atomic E-state index is 0.144. The van der Waals surface area contributed by atoms with Gasteiger partial charge in [-0.2, -0.15) is 5.26 Å². The largest absolute Gasteiger partial charge is 0.450 e. The van der Waals surface area contributed by atoms with Crippen LogP contribution in [0.25, 0.3) is 0 Å². The van der Waals surface area contributed by atoms with E-state index in [1.165, 1.54) is 6.20 Å². The normalized spacial score (nSPS) is 10.5. The highest BCUT2D eigenvalue weighted by atomic mass is 16.5. The zero-order valence-corrected chi connectivity index (χ0v) is 12.2. The maximum atomic E-state index is 11.7. The highest BCUT2D eigenvalue weighted by molar-refractivity contribution is 6.05. The van der Waals surface area contributed by atoms with E-state index in [2.05, 4.69) is 10.1 Å². The molecule has 0 aliphatic rings. The van der Waals surface area contributed by atoms with Gasteiger partial charge in [0.1, 0.15) is 11.6 Å². The fourth-order valence-electron chi connectivity index (χ4n) is 1.66. The summed E-state index contributed by atoms with van der Waals surface area (Å²) in [5.41, 5.74) is 2.56. The summed E-state index contributed by atoms with van der Waals surface area (Å²) in [6.45, 7) is 5.58. The lowest BCUT2D eigenvalue weighted by Crippen LogP contribution is -2.32. The Balaban J connectivity index is 2.83. The summed E-state index contributed by atoms with van der Waals surface area (Å²) in [5.74, 6) is -0.810. The number of benzene rings is 1. The standard InChI is InChI=1S/C15H17N3O3/c1-4-21-15(20)18-14(19)12(8-16)9-17-13-10(2)6-5-7-11(13)3/h5-7,9,17H,4H2,1-3H3,(H,18,19,20)/b12-9+. The van der Waals surface area contributed by atoms with Gasteiger partial charge < -0.3 is 10.1 Å². The molecule has 1 rings (SSSR count). The minimum atomic E-state index is -0.879. The second kappa shape index (κ2) is 7.70. The second-order valence-corrected chi connectivity index (χ2v) is 4.26. The van der Waals surface area contributed by atoms with Crippen LogP contribution in [0.5, 0.6) is 0 Å². The lowest BCUT2D eigenvalue weighted by Gasteiger charge is -2.09. The molecule has 0 radical (unpaired) electrons. The number of hydrogen-bond donors (Lipinski definition) is 2. The number of aryl methyl sites for hydroxylation is 2. The molecular formula is C15H17N3O3. The molecule has 0 saturated heterocycles. The predicted molar refractivity (Wildman–Crippen MR) is 78.4 cm³/mol. The van der Waals surface area contributed by atoms with Crippen LogP contribution in [0.2, 0.25) is 0 Å². The van der Waals surface area contributed by atoms with Crippen molar-refractivity contribution in [2.24, 2.45) is 0 Å². The van der Waals surface area contributed by atoms with Crippen LogP contribution in [0.1, 0.15) is 18.1 Å². The molecule has 1 aromatic rings. The number of carbonyl (C=O) groups is 2. The summed E-state index contributed by atoms with van der Waals surface area (Å²) in [6, 6.07) is 7.47. The summed E-state index contributed by atoms with van der Waals surface area (Å²) < 4.78 is 4.58. The first-order valence-electron chi connectivity index (χ1n) is 6.40. The lowest BCUT2D eigenvalue weighted by atomic mass is 10.1. The van der Waals surface area contributed by atoms with Gasteiger partial charge >= 0.3 is 6.09 Å². The zero-order valence-electron chi connectivity index (χ0n) is 12.2. The minimum Gasteiger partial charge on any atom is -0.450 e. The fraction of sp³-hybridized carbons (Fsp3) is 0.267. The van der Waals surface area contributed by atoms with E-state index in [0.29, 0.717) is 0 Å². The number of hydrogen-bond acceptors (Lipinski definition) is 5. The Morgan fingerprint density at radius 3 is 2.48 bits per heavy atom. The van der Waals surface area contributed by atoms with Crippen LogP contribution in [0.15, 0.2) is 30.0 Å². The van der Waals surface area contributed by atoms with E-state index >= 15 is 0 Å². The molecule has 0 atom stereocenters. The van der Waals surface area contributed by atoms with Crippen molar-refractivity contribution in [1.29, 1.82) is 5.26 Å². The third-order valence-electron chi connectivity index (χ3n) is 2.70. The van der Waals surface area contributed by atoms with E-state index in [1.54, 1.807) is 13.0 Å². The molecule has 21 heavy (non-hydrogen) atoms. The van der Waals surface area contributed by atoms with Crippen LogP contribution in [-0.2, 0) is 9.53 Å². The van der Waals surface area contributed by atoms with Gasteiger partial charge in [0.05, 0.1) is 6.61 Å². The highest BCUT2D eigenvalue weighted by Gasteiger charge is 2.13. The van der Waals surface area contributed by atoms with E-state index in [9.17, 15) is 9.59 Å². The van der Waals surface area contributed by atoms with Crippen molar-refractivity contribution in [1.82, 2.24) is 5.32 Å². The number of carbonyl (C=O) groups excluding carboxylic acids is 2. The number of amides is 2. The first-order valence-corrected chi connectivity index (χ1v) is 6.40. The summed E-state index contributed by atoms with van der Waals surface area (Å²) >= 11 is 0. The van der Waals surface area contributed by atoms with Crippen molar-refractivity contribution in [3.05, 3.63) is 41.1 Å². The number of nitrogens with zero attached hydrogens (tertiary/aromatic N) is 1. The van der Waals surface area contributed by atoms with Crippen molar-refractivity contribution in [3.8, 4) is 6.07 Å². The SMILES string of the molecule is CCOC(=O)NC(=O)/C(C#N)=C/Nc1c(C)cccc1C. The summed E-state index contributed by atoms with van der Waals surface area (Å²) in [4.78, 5) is 22.9. The van der Waals surface area contributed by atoms with E-state index in [4.69, 9.17) is 5.26 Å². The molecule has 6 nitrogen and oxygen atoms in total. The van der Waals surface area contributed by atoms with Crippen LogP contribution in [0.4, 0.5) is 10.5 Å². The van der Waals surface area contributed by atoms with Gasteiger partial charge in [0.2, 0.25) is 0 Å². The van der Waals surface area contributed by atoms with E-state index in [-0.39, 0.29) is 12.2 Å². The molecule has 0 unspecified atom stereocenters. The van der Waals surface area contributed by atoms with Crippen LogP contribution in [-0.4, -0.2) is 18.6 Å². The van der Waals surface area contributed by atoms with Crippen LogP contribution >= 0.6 is 0 Å². The molecule has 0 bridgehead atoms. The third kappa shape index (κ3) is 4.66. The van der Waals surface area contributed by atoms with Crippen molar-refractivity contribution in [2.75, 3.05) is 11.9 Å². The molecule has 0 spiro atoms. The van der Waals surface area contributed by atoms with Crippen molar-refractivity contribution >= 4 is 17.7 Å². The Morgan fingerprint density at radius 1 is 1.33 bits per heavy atom. The molecule has 0 heterocycles. The topological polar surface area (TPSA) is 91.2 Å². The van der Waals surface area contributed by atoms with Crippen LogP contribution in [0, 0.1) is 25.2 Å². The quantitative estimate of drug-likeness (QED) is 0.655. The molecule has 6 heteroatoms. The van der Waals surface area contributed by atoms with Gasteiger partial charge in [0.15, 0.2) is 0 Å². The Labute approximate surface area is 123 Å². The summed E-state index contributed by atoms with van der Waals surface area (Å²) in [7, 11) is 0. The van der Waals surface area contributed by atoms with Crippen LogP contribution < -0.4 is 10.6 Å². The number of nitrogens with one attached hydrogen (secondary N) is 2. The van der Waals surface area contributed by atoms with Crippen molar-refractivity contribution < 1.29 is 14.3 Å². The Kier molecular flexibility index (Phi) is 5.96. The Morgan fingerprint density at radius 2 is 1.95 bits per heavy atom. The number of imide groups is 1. The summed E-state index contributed by atoms with van der Waals surface area (Å²) in [5, 5.41) is 13.9. The second-order valence-electron chi connectivity index (χ2n) is 4.26. The number of nitriles is 1. The molecule has 1 aromatic carbocycles. The van der Waals surface area contributed by atoms with E-state index < -0.39 is 12.0 Å². The average molecular weight is 287 g/mol. The molecular weight excluding hydrogens is 270 g/mol. The average Bonchev–Trinajstić information content (AvgIpc) is 2.42. The molecule has 2 amide bonds. The van der Waals surface area contributed by atoms with Gasteiger partial charge in [-0.1, -0.05) is 18.2 Å². The van der Waals surface area contributed by atoms with Gasteiger partial charge in [-0.25, -0.2) is 4.79 Å². The Bertz CT molecular complexity index is 595. The molecule has 0 aromatic heterocycles. The smallest absolute Gasteiger partial charge is 0.414 e. The number of para-hydroxylation sites is 1. The van der Waals surface area contributed by atoms with Gasteiger partial charge in [-0.15, -0.1) is 0 Å². The molecule has 2 N–H and O–H groups in total. The molecule has 0 fully saturated rings. The van der Waals surface area contributed by atoms with Gasteiger partial charge in [0.25, 0.3) is 5.91 Å². The molecule has 0 saturated carbocycles. The monoisotopic (exact) mass is 287 g/mol. The first kappa shape index (κ1) is 16.2.